The number of carbonyl (C=O) groups excluding carboxylic acids is 1. The first-order valence-electron chi connectivity index (χ1n) is 13.9. The van der Waals surface area contributed by atoms with Crippen molar-refractivity contribution < 1.29 is 28.5 Å². The summed E-state index contributed by atoms with van der Waals surface area (Å²) >= 11 is 11.1. The maximum atomic E-state index is 14.1. The van der Waals surface area contributed by atoms with E-state index in [0.717, 1.165) is 5.56 Å². The van der Waals surface area contributed by atoms with Gasteiger partial charge in [0, 0.05) is 10.6 Å². The maximum absolute atomic E-state index is 14.1. The number of esters is 1. The topological polar surface area (TPSA) is 97.6 Å². The molecule has 0 radical (unpaired) electrons. The number of allylic oxidation sites excluding steroid dienone is 1. The number of fused-ring (bicyclic) bond motifs is 1. The lowest BCUT2D eigenvalue weighted by Crippen LogP contribution is -2.40. The molecule has 0 saturated heterocycles. The fourth-order valence-electron chi connectivity index (χ4n) is 5.01. The quantitative estimate of drug-likeness (QED) is 0.191. The number of rotatable bonds is 10. The second-order valence-electron chi connectivity index (χ2n) is 9.83. The zero-order valence-corrected chi connectivity index (χ0v) is 28.3. The Labute approximate surface area is 277 Å². The smallest absolute Gasteiger partial charge is 0.338 e. The van der Waals surface area contributed by atoms with Crippen LogP contribution in [-0.2, 0) is 16.1 Å². The van der Waals surface area contributed by atoms with Crippen LogP contribution in [0.4, 0.5) is 0 Å². The summed E-state index contributed by atoms with van der Waals surface area (Å²) in [6.45, 7) is 3.88. The maximum Gasteiger partial charge on any atom is 0.338 e. The largest absolute Gasteiger partial charge is 0.493 e. The van der Waals surface area contributed by atoms with Gasteiger partial charge in [0.15, 0.2) is 27.8 Å². The van der Waals surface area contributed by atoms with Gasteiger partial charge in [-0.25, -0.2) is 9.79 Å². The first-order chi connectivity index (χ1) is 21.7. The van der Waals surface area contributed by atoms with Gasteiger partial charge in [-0.15, -0.1) is 0 Å². The molecule has 0 N–H and O–H groups in total. The molecule has 1 atom stereocenters. The van der Waals surface area contributed by atoms with Crippen molar-refractivity contribution >= 4 is 50.9 Å². The summed E-state index contributed by atoms with van der Waals surface area (Å²) < 4.78 is 30.6. The fourth-order valence-corrected chi connectivity index (χ4v) is 6.82. The molecule has 234 valence electrons. The molecule has 12 heteroatoms. The van der Waals surface area contributed by atoms with Gasteiger partial charge in [-0.2, -0.15) is 0 Å². The molecule has 1 unspecified atom stereocenters. The molecule has 0 bridgehead atoms. The van der Waals surface area contributed by atoms with Crippen LogP contribution in [0.25, 0.3) is 6.08 Å². The second-order valence-corrected chi connectivity index (χ2v) is 12.1. The fraction of sp³-hybridized carbons (Fsp3) is 0.242. The van der Waals surface area contributed by atoms with Crippen molar-refractivity contribution in [2.45, 2.75) is 26.5 Å². The first-order valence-corrected chi connectivity index (χ1v) is 15.8. The van der Waals surface area contributed by atoms with Crippen molar-refractivity contribution in [2.75, 3.05) is 27.9 Å². The van der Waals surface area contributed by atoms with Crippen molar-refractivity contribution in [3.8, 4) is 23.0 Å². The van der Waals surface area contributed by atoms with E-state index in [4.69, 9.17) is 35.3 Å². The number of nitrogens with zero attached hydrogens (tertiary/aromatic N) is 2. The van der Waals surface area contributed by atoms with Crippen LogP contribution in [0.3, 0.4) is 0 Å². The summed E-state index contributed by atoms with van der Waals surface area (Å²) in [5.74, 6) is 1.40. The summed E-state index contributed by atoms with van der Waals surface area (Å²) in [5.41, 5.74) is 2.58. The van der Waals surface area contributed by atoms with Crippen LogP contribution >= 0.6 is 38.9 Å². The van der Waals surface area contributed by atoms with Gasteiger partial charge in [0.1, 0.15) is 6.61 Å². The Kier molecular flexibility index (Phi) is 10.0. The van der Waals surface area contributed by atoms with Crippen LogP contribution in [0, 0.1) is 0 Å². The number of carbonyl (C=O) groups is 1. The number of ether oxygens (including phenoxy) is 5. The van der Waals surface area contributed by atoms with E-state index in [1.165, 1.54) is 23.0 Å². The SMILES string of the molecule is CCOC(=O)C1=C(C)N=c2s/c(=C\c3cc(Br)c(OCc4ccccc4Cl)c(OC)c3)c(=O)n2C1c1ccc(OC)c(OC)c1. The highest BCUT2D eigenvalue weighted by molar-refractivity contribution is 9.10. The Balaban J connectivity index is 1.60. The summed E-state index contributed by atoms with van der Waals surface area (Å²) in [7, 11) is 4.62. The van der Waals surface area contributed by atoms with Crippen molar-refractivity contribution in [3.05, 3.63) is 112 Å². The molecule has 45 heavy (non-hydrogen) atoms. The zero-order valence-electron chi connectivity index (χ0n) is 25.2. The normalized spacial score (nSPS) is 14.5. The Morgan fingerprint density at radius 3 is 2.47 bits per heavy atom. The molecule has 0 saturated carbocycles. The molecule has 2 heterocycles. The van der Waals surface area contributed by atoms with E-state index in [2.05, 4.69) is 20.9 Å². The van der Waals surface area contributed by atoms with Crippen LogP contribution in [0.5, 0.6) is 23.0 Å². The first kappa shape index (κ1) is 32.3. The van der Waals surface area contributed by atoms with Gasteiger partial charge in [0.05, 0.1) is 54.3 Å². The monoisotopic (exact) mass is 712 g/mol. The standard InChI is InChI=1S/C33H30BrClN2O7S/c1-6-43-32(39)28-18(2)36-33-37(29(28)20-11-12-24(40-3)25(16-20)41-4)31(38)27(45-33)15-19-13-22(34)30(26(14-19)42-5)44-17-21-9-7-8-10-23(21)35/h7-16,29H,6,17H2,1-5H3/b27-15-. The van der Waals surface area contributed by atoms with E-state index < -0.39 is 12.0 Å². The molecule has 1 aromatic heterocycles. The van der Waals surface area contributed by atoms with E-state index in [1.807, 2.05) is 24.3 Å². The van der Waals surface area contributed by atoms with Crippen LogP contribution < -0.4 is 33.8 Å². The minimum atomic E-state index is -0.802. The molecule has 0 fully saturated rings. The lowest BCUT2D eigenvalue weighted by Gasteiger charge is -2.25. The minimum absolute atomic E-state index is 0.174. The second kappa shape index (κ2) is 13.9. The number of aromatic nitrogens is 1. The Bertz CT molecular complexity index is 1990. The van der Waals surface area contributed by atoms with E-state index in [-0.39, 0.29) is 24.3 Å². The molecule has 0 amide bonds. The highest BCUT2D eigenvalue weighted by Gasteiger charge is 2.34. The Morgan fingerprint density at radius 1 is 1.04 bits per heavy atom. The number of benzene rings is 3. The van der Waals surface area contributed by atoms with E-state index >= 15 is 0 Å². The average molecular weight is 714 g/mol. The zero-order chi connectivity index (χ0) is 32.2. The third-order valence-corrected chi connectivity index (χ3v) is 9.06. The molecule has 4 aromatic rings. The predicted molar refractivity (Wildman–Crippen MR) is 176 cm³/mol. The summed E-state index contributed by atoms with van der Waals surface area (Å²) in [6.07, 6.45) is 1.75. The van der Waals surface area contributed by atoms with Crippen molar-refractivity contribution in [1.82, 2.24) is 4.57 Å². The molecule has 0 spiro atoms. The van der Waals surface area contributed by atoms with Crippen molar-refractivity contribution in [3.63, 3.8) is 0 Å². The minimum Gasteiger partial charge on any atom is -0.493 e. The van der Waals surface area contributed by atoms with Gasteiger partial charge in [-0.1, -0.05) is 47.2 Å². The summed E-state index contributed by atoms with van der Waals surface area (Å²) in [5, 5.41) is 0.604. The van der Waals surface area contributed by atoms with Gasteiger partial charge in [0.25, 0.3) is 5.56 Å². The predicted octanol–water partition coefficient (Wildman–Crippen LogP) is 5.82. The lowest BCUT2D eigenvalue weighted by atomic mass is 9.95. The third kappa shape index (κ3) is 6.51. The van der Waals surface area contributed by atoms with Crippen LogP contribution in [0.1, 0.15) is 36.6 Å². The molecule has 3 aromatic carbocycles. The highest BCUT2D eigenvalue weighted by atomic mass is 79.9. The van der Waals surface area contributed by atoms with E-state index in [0.29, 0.717) is 58.7 Å². The van der Waals surface area contributed by atoms with Gasteiger partial charge in [0.2, 0.25) is 0 Å². The molecule has 1 aliphatic rings. The molecular formula is C33H30BrClN2O7S. The van der Waals surface area contributed by atoms with E-state index in [1.54, 1.807) is 64.5 Å². The van der Waals surface area contributed by atoms with Crippen LogP contribution in [0.2, 0.25) is 5.02 Å². The highest BCUT2D eigenvalue weighted by Crippen LogP contribution is 2.38. The molecule has 1 aliphatic heterocycles. The third-order valence-electron chi connectivity index (χ3n) is 7.12. The van der Waals surface area contributed by atoms with Crippen molar-refractivity contribution in [1.29, 1.82) is 0 Å². The average Bonchev–Trinajstić information content (AvgIpc) is 3.33. The van der Waals surface area contributed by atoms with Gasteiger partial charge in [-0.3, -0.25) is 9.36 Å². The van der Waals surface area contributed by atoms with E-state index in [9.17, 15) is 9.59 Å². The Morgan fingerprint density at radius 2 is 1.78 bits per heavy atom. The summed E-state index contributed by atoms with van der Waals surface area (Å²) in [6, 6.07) is 15.5. The lowest BCUT2D eigenvalue weighted by molar-refractivity contribution is -0.139. The van der Waals surface area contributed by atoms with Crippen molar-refractivity contribution in [2.24, 2.45) is 4.99 Å². The molecule has 0 aliphatic carbocycles. The summed E-state index contributed by atoms with van der Waals surface area (Å²) in [4.78, 5) is 32.4. The number of hydrogen-bond acceptors (Lipinski definition) is 9. The van der Waals surface area contributed by atoms with Gasteiger partial charge in [-0.05, 0) is 77.3 Å². The van der Waals surface area contributed by atoms with Crippen LogP contribution in [0.15, 0.2) is 80.1 Å². The molecular weight excluding hydrogens is 684 g/mol. The number of methoxy groups -OCH3 is 3. The number of thiazole rings is 1. The van der Waals surface area contributed by atoms with Gasteiger partial charge < -0.3 is 23.7 Å². The van der Waals surface area contributed by atoms with Gasteiger partial charge >= 0.3 is 5.97 Å². The Hall–Kier alpha value is -4.06. The van der Waals surface area contributed by atoms with Crippen LogP contribution in [-0.4, -0.2) is 38.5 Å². The number of halogens is 2. The molecule has 9 nitrogen and oxygen atoms in total. The molecule has 5 rings (SSSR count). The number of hydrogen-bond donors (Lipinski definition) is 0.